The van der Waals surface area contributed by atoms with Crippen LogP contribution in [0.2, 0.25) is 0 Å². The normalized spacial score (nSPS) is 12.6. The highest BCUT2D eigenvalue weighted by atomic mass is 32.1. The number of pyridine rings is 1. The Labute approximate surface area is 300 Å². The van der Waals surface area contributed by atoms with Crippen molar-refractivity contribution < 1.29 is 5.11 Å². The molecule has 0 unspecified atom stereocenters. The van der Waals surface area contributed by atoms with Gasteiger partial charge < -0.3 is 5.11 Å². The lowest BCUT2D eigenvalue weighted by Gasteiger charge is -2.22. The molecule has 0 aliphatic rings. The topological polar surface area (TPSA) is 46.0 Å². The first-order valence-electron chi connectivity index (χ1n) is 17.5. The second kappa shape index (κ2) is 12.2. The zero-order valence-corrected chi connectivity index (χ0v) is 31.5. The average molecular weight is 675 g/mol. The van der Waals surface area contributed by atoms with Gasteiger partial charge in [-0.2, -0.15) is 0 Å². The lowest BCUT2D eigenvalue weighted by atomic mass is 9.83. The Hall–Kier alpha value is -4.80. The molecule has 0 saturated heterocycles. The van der Waals surface area contributed by atoms with Gasteiger partial charge in [-0.1, -0.05) is 105 Å². The molecule has 2 aromatic heterocycles. The molecule has 252 valence electrons. The van der Waals surface area contributed by atoms with Crippen LogP contribution in [0, 0.1) is 0 Å². The van der Waals surface area contributed by atoms with Crippen LogP contribution in [-0.2, 0) is 16.2 Å². The molecule has 1 N–H and O–H groups in total. The lowest BCUT2D eigenvalue weighted by molar-refractivity contribution is 0.476. The van der Waals surface area contributed by atoms with E-state index in [1.807, 2.05) is 24.4 Å². The quantitative estimate of drug-likeness (QED) is 0.202. The molecule has 5 aromatic carbocycles. The van der Waals surface area contributed by atoms with Crippen molar-refractivity contribution in [3.8, 4) is 49.7 Å². The van der Waals surface area contributed by atoms with E-state index in [4.69, 9.17) is 9.97 Å². The summed E-state index contributed by atoms with van der Waals surface area (Å²) >= 11 is 1.65. The van der Waals surface area contributed by atoms with Gasteiger partial charge in [0.05, 0.1) is 21.3 Å². The third-order valence-electron chi connectivity index (χ3n) is 9.69. The second-order valence-electron chi connectivity index (χ2n) is 16.6. The smallest absolute Gasteiger partial charge is 0.128 e. The number of phenolic OH excluding ortho intramolecular Hbond substituents is 1. The Morgan fingerprint density at radius 3 is 1.72 bits per heavy atom. The van der Waals surface area contributed by atoms with E-state index >= 15 is 0 Å². The number of aromatic hydroxyl groups is 1. The molecule has 0 aliphatic carbocycles. The van der Waals surface area contributed by atoms with E-state index in [-0.39, 0.29) is 22.0 Å². The first-order chi connectivity index (χ1) is 23.6. The standard InChI is InChI=1S/C46H46N2OS/c1-44(2,3)33-17-18-39(49)38(24-33)43-48-42-37(26-35(46(7,8)9)27-40(42)50-43)32-21-30(28-14-11-10-12-15-28)20-31(22-32)36-25-34(45(4,5)6)23-29-16-13-19-47-41(29)36/h10-27,49H,1-9H3. The van der Waals surface area contributed by atoms with Gasteiger partial charge in [0.15, 0.2) is 0 Å². The number of nitrogens with zero attached hydrogens (tertiary/aromatic N) is 2. The first kappa shape index (κ1) is 33.7. The zero-order valence-electron chi connectivity index (χ0n) is 30.6. The van der Waals surface area contributed by atoms with Crippen molar-refractivity contribution >= 4 is 32.5 Å². The molecule has 0 fully saturated rings. The molecule has 7 aromatic rings. The fourth-order valence-corrected chi connectivity index (χ4v) is 7.61. The zero-order chi connectivity index (χ0) is 35.6. The van der Waals surface area contributed by atoms with Crippen LogP contribution in [0.3, 0.4) is 0 Å². The van der Waals surface area contributed by atoms with E-state index in [0.717, 1.165) is 65.1 Å². The number of fused-ring (bicyclic) bond motifs is 2. The molecule has 0 saturated carbocycles. The van der Waals surface area contributed by atoms with Crippen molar-refractivity contribution in [1.82, 2.24) is 9.97 Å². The number of phenols is 1. The van der Waals surface area contributed by atoms with Crippen LogP contribution in [0.4, 0.5) is 0 Å². The molecule has 50 heavy (non-hydrogen) atoms. The Morgan fingerprint density at radius 2 is 1.08 bits per heavy atom. The predicted molar refractivity (Wildman–Crippen MR) is 214 cm³/mol. The largest absolute Gasteiger partial charge is 0.507 e. The molecule has 4 heteroatoms. The van der Waals surface area contributed by atoms with Gasteiger partial charge in [0.1, 0.15) is 10.8 Å². The summed E-state index contributed by atoms with van der Waals surface area (Å²) < 4.78 is 1.11. The summed E-state index contributed by atoms with van der Waals surface area (Å²) in [5.74, 6) is 0.251. The van der Waals surface area contributed by atoms with E-state index in [1.54, 1.807) is 11.3 Å². The van der Waals surface area contributed by atoms with Crippen molar-refractivity contribution in [2.24, 2.45) is 0 Å². The Bertz CT molecular complexity index is 2380. The van der Waals surface area contributed by atoms with Crippen LogP contribution in [0.5, 0.6) is 5.75 Å². The van der Waals surface area contributed by atoms with E-state index in [2.05, 4.69) is 147 Å². The third-order valence-corrected chi connectivity index (χ3v) is 10.7. The Kier molecular flexibility index (Phi) is 8.22. The van der Waals surface area contributed by atoms with E-state index < -0.39 is 0 Å². The van der Waals surface area contributed by atoms with Gasteiger partial charge in [0, 0.05) is 22.7 Å². The van der Waals surface area contributed by atoms with Gasteiger partial charge in [0.25, 0.3) is 0 Å². The molecule has 3 nitrogen and oxygen atoms in total. The summed E-state index contributed by atoms with van der Waals surface area (Å²) in [6.45, 7) is 20.2. The van der Waals surface area contributed by atoms with Gasteiger partial charge in [-0.15, -0.1) is 11.3 Å². The summed E-state index contributed by atoms with van der Waals surface area (Å²) in [6, 6.07) is 36.9. The number of hydrogen-bond acceptors (Lipinski definition) is 4. The number of thiazole rings is 1. The van der Waals surface area contributed by atoms with E-state index in [9.17, 15) is 5.11 Å². The number of hydrogen-bond donors (Lipinski definition) is 1. The van der Waals surface area contributed by atoms with Crippen molar-refractivity contribution in [3.63, 3.8) is 0 Å². The van der Waals surface area contributed by atoms with Crippen LogP contribution in [0.1, 0.15) is 79.0 Å². The molecule has 0 bridgehead atoms. The summed E-state index contributed by atoms with van der Waals surface area (Å²) in [5, 5.41) is 13.1. The molecule has 7 rings (SSSR count). The van der Waals surface area contributed by atoms with Gasteiger partial charge in [0.2, 0.25) is 0 Å². The number of aromatic nitrogens is 2. The number of rotatable bonds is 4. The van der Waals surface area contributed by atoms with Crippen molar-refractivity contribution in [2.45, 2.75) is 78.6 Å². The molecular formula is C46H46N2OS. The molecule has 0 aliphatic heterocycles. The summed E-state index contributed by atoms with van der Waals surface area (Å²) in [4.78, 5) is 10.2. The van der Waals surface area contributed by atoms with Crippen LogP contribution < -0.4 is 0 Å². The van der Waals surface area contributed by atoms with Crippen LogP contribution in [-0.4, -0.2) is 15.1 Å². The van der Waals surface area contributed by atoms with Crippen molar-refractivity contribution in [1.29, 1.82) is 0 Å². The van der Waals surface area contributed by atoms with Gasteiger partial charge in [-0.3, -0.25) is 4.98 Å². The minimum Gasteiger partial charge on any atom is -0.507 e. The molecule has 2 heterocycles. The fraction of sp³-hybridized carbons (Fsp3) is 0.261. The molecule has 0 atom stereocenters. The second-order valence-corrected chi connectivity index (χ2v) is 17.7. The highest BCUT2D eigenvalue weighted by molar-refractivity contribution is 7.21. The van der Waals surface area contributed by atoms with Crippen LogP contribution in [0.25, 0.3) is 65.1 Å². The van der Waals surface area contributed by atoms with Crippen LogP contribution in [0.15, 0.2) is 109 Å². The highest BCUT2D eigenvalue weighted by Crippen LogP contribution is 2.44. The Morgan fingerprint density at radius 1 is 0.500 bits per heavy atom. The van der Waals surface area contributed by atoms with Gasteiger partial charge in [-0.25, -0.2) is 4.98 Å². The van der Waals surface area contributed by atoms with E-state index in [0.29, 0.717) is 0 Å². The van der Waals surface area contributed by atoms with Gasteiger partial charge >= 0.3 is 0 Å². The SMILES string of the molecule is CC(C)(C)c1ccc(O)c(-c2nc3c(-c4cc(-c5ccccc5)cc(-c5cc(C(C)(C)C)cc6cccnc56)c4)cc(C(C)(C)C)cc3s2)c1. The summed E-state index contributed by atoms with van der Waals surface area (Å²) in [5.41, 5.74) is 13.0. The van der Waals surface area contributed by atoms with E-state index in [1.165, 1.54) is 16.7 Å². The fourth-order valence-electron chi connectivity index (χ4n) is 6.55. The highest BCUT2D eigenvalue weighted by Gasteiger charge is 2.24. The third kappa shape index (κ3) is 6.45. The summed E-state index contributed by atoms with van der Waals surface area (Å²) in [6.07, 6.45) is 1.89. The maximum absolute atomic E-state index is 11.1. The van der Waals surface area contributed by atoms with Gasteiger partial charge in [-0.05, 0) is 116 Å². The summed E-state index contributed by atoms with van der Waals surface area (Å²) in [7, 11) is 0. The Balaban J connectivity index is 1.53. The number of benzene rings is 5. The average Bonchev–Trinajstić information content (AvgIpc) is 3.50. The van der Waals surface area contributed by atoms with Crippen LogP contribution >= 0.6 is 11.3 Å². The molecular weight excluding hydrogens is 629 g/mol. The predicted octanol–water partition coefficient (Wildman–Crippen LogP) is 13.1. The molecule has 0 amide bonds. The molecule has 0 spiro atoms. The monoisotopic (exact) mass is 674 g/mol. The first-order valence-corrected chi connectivity index (χ1v) is 18.3. The minimum atomic E-state index is -0.0809. The minimum absolute atomic E-state index is 0.0291. The lowest BCUT2D eigenvalue weighted by Crippen LogP contribution is -2.11. The van der Waals surface area contributed by atoms with Crippen molar-refractivity contribution in [3.05, 3.63) is 126 Å². The maximum Gasteiger partial charge on any atom is 0.128 e. The maximum atomic E-state index is 11.1. The molecule has 0 radical (unpaired) electrons. The van der Waals surface area contributed by atoms with Crippen molar-refractivity contribution in [2.75, 3.05) is 0 Å².